The second kappa shape index (κ2) is 8.19. The number of benzene rings is 1. The molecule has 120 valence electrons. The molecule has 0 aliphatic heterocycles. The zero-order chi connectivity index (χ0) is 16.7. The number of carbonyl (C=O) groups is 2. The molecular weight excluding hydrogens is 312 g/mol. The minimum absolute atomic E-state index is 0.118. The summed E-state index contributed by atoms with van der Waals surface area (Å²) in [6, 6.07) is 7.19. The lowest BCUT2D eigenvalue weighted by atomic mass is 10.2. The van der Waals surface area contributed by atoms with E-state index < -0.39 is 0 Å². The third kappa shape index (κ3) is 5.63. The Labute approximate surface area is 138 Å². The zero-order valence-electron chi connectivity index (χ0n) is 13.0. The standard InChI is InChI=1S/C16H18N4O2S/c1-3-4-15-19-20-16(23-15)18-14(22)10-7-12-5-8-13(9-6-12)17-11(2)21/h5-10H,3-4H2,1-2H3,(H,17,21)(H,18,20,22)/b10-7+. The molecule has 1 heterocycles. The van der Waals surface area contributed by atoms with Gasteiger partial charge in [0.1, 0.15) is 5.01 Å². The van der Waals surface area contributed by atoms with Crippen molar-refractivity contribution < 1.29 is 9.59 Å². The molecule has 0 spiro atoms. The molecule has 0 radical (unpaired) electrons. The van der Waals surface area contributed by atoms with Crippen molar-refractivity contribution in [2.24, 2.45) is 0 Å². The first kappa shape index (κ1) is 16.8. The van der Waals surface area contributed by atoms with Gasteiger partial charge in [0.05, 0.1) is 0 Å². The Kier molecular flexibility index (Phi) is 5.99. The highest BCUT2D eigenvalue weighted by atomic mass is 32.1. The van der Waals surface area contributed by atoms with Crippen LogP contribution in [0.1, 0.15) is 30.8 Å². The minimum atomic E-state index is -0.255. The summed E-state index contributed by atoms with van der Waals surface area (Å²) in [7, 11) is 0. The van der Waals surface area contributed by atoms with Gasteiger partial charge in [0.2, 0.25) is 16.9 Å². The molecule has 0 bridgehead atoms. The molecule has 0 saturated heterocycles. The lowest BCUT2D eigenvalue weighted by Gasteiger charge is -2.01. The molecule has 1 aromatic heterocycles. The van der Waals surface area contributed by atoms with Crippen LogP contribution in [0, 0.1) is 0 Å². The molecule has 2 rings (SSSR count). The van der Waals surface area contributed by atoms with E-state index in [0.29, 0.717) is 5.13 Å². The number of rotatable bonds is 6. The van der Waals surface area contributed by atoms with Gasteiger partial charge in [0.25, 0.3) is 0 Å². The zero-order valence-corrected chi connectivity index (χ0v) is 13.8. The molecular formula is C16H18N4O2S. The van der Waals surface area contributed by atoms with E-state index >= 15 is 0 Å². The number of hydrogen-bond donors (Lipinski definition) is 2. The molecule has 0 aliphatic carbocycles. The van der Waals surface area contributed by atoms with Crippen LogP contribution in [-0.2, 0) is 16.0 Å². The maximum Gasteiger partial charge on any atom is 0.250 e. The third-order valence-corrected chi connectivity index (χ3v) is 3.72. The first-order valence-electron chi connectivity index (χ1n) is 7.26. The normalized spacial score (nSPS) is 10.7. The van der Waals surface area contributed by atoms with Crippen LogP contribution in [0.15, 0.2) is 30.3 Å². The van der Waals surface area contributed by atoms with Gasteiger partial charge in [0.15, 0.2) is 0 Å². The summed E-state index contributed by atoms with van der Waals surface area (Å²) in [4.78, 5) is 22.8. The fourth-order valence-electron chi connectivity index (χ4n) is 1.82. The van der Waals surface area contributed by atoms with Crippen LogP contribution in [-0.4, -0.2) is 22.0 Å². The van der Waals surface area contributed by atoms with Crippen molar-refractivity contribution in [3.05, 3.63) is 40.9 Å². The van der Waals surface area contributed by atoms with Crippen LogP contribution in [0.5, 0.6) is 0 Å². The molecule has 1 aromatic carbocycles. The Morgan fingerprint density at radius 2 is 1.91 bits per heavy atom. The molecule has 0 atom stereocenters. The summed E-state index contributed by atoms with van der Waals surface area (Å²) < 4.78 is 0. The van der Waals surface area contributed by atoms with Crippen molar-refractivity contribution in [2.45, 2.75) is 26.7 Å². The van der Waals surface area contributed by atoms with Crippen molar-refractivity contribution in [1.29, 1.82) is 0 Å². The maximum absolute atomic E-state index is 11.8. The predicted molar refractivity (Wildman–Crippen MR) is 92.3 cm³/mol. The lowest BCUT2D eigenvalue weighted by Crippen LogP contribution is -2.07. The minimum Gasteiger partial charge on any atom is -0.326 e. The highest BCUT2D eigenvalue weighted by molar-refractivity contribution is 7.15. The average Bonchev–Trinajstić information content (AvgIpc) is 2.93. The first-order valence-corrected chi connectivity index (χ1v) is 8.07. The SMILES string of the molecule is CCCc1nnc(NC(=O)/C=C/c2ccc(NC(C)=O)cc2)s1. The molecule has 0 saturated carbocycles. The van der Waals surface area contributed by atoms with E-state index in [1.54, 1.807) is 18.2 Å². The summed E-state index contributed by atoms with van der Waals surface area (Å²) in [6.45, 7) is 3.52. The molecule has 6 nitrogen and oxygen atoms in total. The van der Waals surface area contributed by atoms with Gasteiger partial charge in [0, 0.05) is 25.1 Å². The highest BCUT2D eigenvalue weighted by Gasteiger charge is 2.05. The number of hydrogen-bond acceptors (Lipinski definition) is 5. The van der Waals surface area contributed by atoms with Crippen LogP contribution in [0.2, 0.25) is 0 Å². The number of nitrogens with one attached hydrogen (secondary N) is 2. The topological polar surface area (TPSA) is 84.0 Å². The van der Waals surface area contributed by atoms with Crippen molar-refractivity contribution in [1.82, 2.24) is 10.2 Å². The van der Waals surface area contributed by atoms with Crippen LogP contribution in [0.4, 0.5) is 10.8 Å². The van der Waals surface area contributed by atoms with Crippen LogP contribution in [0.25, 0.3) is 6.08 Å². The fourth-order valence-corrected chi connectivity index (χ4v) is 2.66. The molecule has 7 heteroatoms. The monoisotopic (exact) mass is 330 g/mol. The summed E-state index contributed by atoms with van der Waals surface area (Å²) in [5.41, 5.74) is 1.58. The second-order valence-corrected chi connectivity index (χ2v) is 5.94. The van der Waals surface area contributed by atoms with E-state index in [1.807, 2.05) is 12.1 Å². The van der Waals surface area contributed by atoms with Gasteiger partial charge >= 0.3 is 0 Å². The Morgan fingerprint density at radius 3 is 2.57 bits per heavy atom. The third-order valence-electron chi connectivity index (χ3n) is 2.82. The molecule has 0 unspecified atom stereocenters. The van der Waals surface area contributed by atoms with Crippen molar-refractivity contribution in [3.8, 4) is 0 Å². The van der Waals surface area contributed by atoms with Crippen molar-refractivity contribution in [2.75, 3.05) is 10.6 Å². The van der Waals surface area contributed by atoms with Gasteiger partial charge < -0.3 is 5.32 Å². The second-order valence-electron chi connectivity index (χ2n) is 4.88. The maximum atomic E-state index is 11.8. The van der Waals surface area contributed by atoms with E-state index in [9.17, 15) is 9.59 Å². The van der Waals surface area contributed by atoms with Crippen LogP contribution >= 0.6 is 11.3 Å². The van der Waals surface area contributed by atoms with Gasteiger partial charge in [-0.25, -0.2) is 0 Å². The summed E-state index contributed by atoms with van der Waals surface area (Å²) in [5, 5.41) is 14.7. The van der Waals surface area contributed by atoms with Crippen molar-refractivity contribution >= 4 is 40.0 Å². The molecule has 2 amide bonds. The first-order chi connectivity index (χ1) is 11.1. The summed E-state index contributed by atoms with van der Waals surface area (Å²) in [6.07, 6.45) is 5.00. The smallest absolute Gasteiger partial charge is 0.250 e. The number of carbonyl (C=O) groups excluding carboxylic acids is 2. The predicted octanol–water partition coefficient (Wildman–Crippen LogP) is 3.10. The van der Waals surface area contributed by atoms with E-state index in [2.05, 4.69) is 27.8 Å². The molecule has 2 N–H and O–H groups in total. The van der Waals surface area contributed by atoms with Gasteiger partial charge in [-0.05, 0) is 30.2 Å². The fraction of sp³-hybridized carbons (Fsp3) is 0.250. The molecule has 0 fully saturated rings. The number of amides is 2. The quantitative estimate of drug-likeness (QED) is 0.797. The average molecular weight is 330 g/mol. The Bertz CT molecular complexity index is 707. The molecule has 0 aliphatic rings. The Balaban J connectivity index is 1.90. The number of aromatic nitrogens is 2. The number of nitrogens with zero attached hydrogens (tertiary/aromatic N) is 2. The van der Waals surface area contributed by atoms with E-state index in [1.165, 1.54) is 24.3 Å². The van der Waals surface area contributed by atoms with Gasteiger partial charge in [-0.1, -0.05) is 30.4 Å². The summed E-state index contributed by atoms with van der Waals surface area (Å²) >= 11 is 1.39. The Hall–Kier alpha value is -2.54. The van der Waals surface area contributed by atoms with Gasteiger partial charge in [-0.2, -0.15) is 0 Å². The van der Waals surface area contributed by atoms with Gasteiger partial charge in [-0.3, -0.25) is 14.9 Å². The van der Waals surface area contributed by atoms with E-state index in [0.717, 1.165) is 29.1 Å². The van der Waals surface area contributed by atoms with E-state index in [4.69, 9.17) is 0 Å². The van der Waals surface area contributed by atoms with Crippen LogP contribution in [0.3, 0.4) is 0 Å². The number of aryl methyl sites for hydroxylation is 1. The molecule has 23 heavy (non-hydrogen) atoms. The number of anilines is 2. The van der Waals surface area contributed by atoms with Gasteiger partial charge in [-0.15, -0.1) is 10.2 Å². The van der Waals surface area contributed by atoms with Crippen LogP contribution < -0.4 is 10.6 Å². The summed E-state index contributed by atoms with van der Waals surface area (Å²) in [5.74, 6) is -0.373. The molecule has 2 aromatic rings. The van der Waals surface area contributed by atoms with Crippen molar-refractivity contribution in [3.63, 3.8) is 0 Å². The highest BCUT2D eigenvalue weighted by Crippen LogP contribution is 2.16. The Morgan fingerprint density at radius 1 is 1.17 bits per heavy atom. The largest absolute Gasteiger partial charge is 0.326 e. The van der Waals surface area contributed by atoms with E-state index in [-0.39, 0.29) is 11.8 Å². The lowest BCUT2D eigenvalue weighted by molar-refractivity contribution is -0.114.